The number of amides is 1. The molecule has 5 nitrogen and oxygen atoms in total. The van der Waals surface area contributed by atoms with Crippen molar-refractivity contribution in [3.05, 3.63) is 24.3 Å². The third-order valence-corrected chi connectivity index (χ3v) is 3.63. The zero-order chi connectivity index (χ0) is 13.8. The van der Waals surface area contributed by atoms with Gasteiger partial charge in [0.1, 0.15) is 0 Å². The van der Waals surface area contributed by atoms with Crippen molar-refractivity contribution < 1.29 is 4.79 Å². The predicted molar refractivity (Wildman–Crippen MR) is 78.2 cm³/mol. The summed E-state index contributed by atoms with van der Waals surface area (Å²) >= 11 is 0. The number of nitrogens with two attached hydrogens (primary N) is 1. The Morgan fingerprint density at radius 1 is 1.26 bits per heavy atom. The number of hydrogen-bond donors (Lipinski definition) is 1. The standard InChI is InChI=1S/C14H22N4O/c1-16-7-9-18(10-8-16)11-14(19)17(2)13-6-4-3-5-12(13)15/h3-6H,7-11,15H2,1-2H3. The van der Waals surface area contributed by atoms with Crippen molar-refractivity contribution in [1.82, 2.24) is 9.80 Å². The monoisotopic (exact) mass is 262 g/mol. The van der Waals surface area contributed by atoms with Gasteiger partial charge in [-0.2, -0.15) is 0 Å². The Labute approximate surface area is 114 Å². The van der Waals surface area contributed by atoms with Gasteiger partial charge in [0.15, 0.2) is 0 Å². The average molecular weight is 262 g/mol. The molecule has 0 aromatic heterocycles. The number of nitrogens with zero attached hydrogens (tertiary/aromatic N) is 3. The summed E-state index contributed by atoms with van der Waals surface area (Å²) in [5.74, 6) is 0.0856. The minimum absolute atomic E-state index is 0.0856. The molecule has 1 heterocycles. The van der Waals surface area contributed by atoms with E-state index in [0.717, 1.165) is 31.9 Å². The van der Waals surface area contributed by atoms with E-state index >= 15 is 0 Å². The number of benzene rings is 1. The van der Waals surface area contributed by atoms with Crippen molar-refractivity contribution >= 4 is 17.3 Å². The molecule has 0 radical (unpaired) electrons. The van der Waals surface area contributed by atoms with Crippen LogP contribution in [0.3, 0.4) is 0 Å². The number of likely N-dealkylation sites (N-methyl/N-ethyl adjacent to an activating group) is 2. The van der Waals surface area contributed by atoms with Crippen LogP contribution >= 0.6 is 0 Å². The average Bonchev–Trinajstić information content (AvgIpc) is 2.41. The number of rotatable bonds is 3. The lowest BCUT2D eigenvalue weighted by atomic mass is 10.2. The summed E-state index contributed by atoms with van der Waals surface area (Å²) in [6.07, 6.45) is 0. The number of carbonyl (C=O) groups excluding carboxylic acids is 1. The highest BCUT2D eigenvalue weighted by Crippen LogP contribution is 2.21. The molecule has 0 unspecified atom stereocenters. The van der Waals surface area contributed by atoms with E-state index in [-0.39, 0.29) is 5.91 Å². The summed E-state index contributed by atoms with van der Waals surface area (Å²) in [6.45, 7) is 4.38. The van der Waals surface area contributed by atoms with Crippen molar-refractivity contribution in [2.75, 3.05) is 57.5 Å². The molecular weight excluding hydrogens is 240 g/mol. The minimum atomic E-state index is 0.0856. The summed E-state index contributed by atoms with van der Waals surface area (Å²) in [7, 11) is 3.89. The van der Waals surface area contributed by atoms with E-state index in [4.69, 9.17) is 5.73 Å². The highest BCUT2D eigenvalue weighted by atomic mass is 16.2. The second-order valence-electron chi connectivity index (χ2n) is 5.09. The lowest BCUT2D eigenvalue weighted by Crippen LogP contribution is -2.48. The Kier molecular flexibility index (Phi) is 4.39. The summed E-state index contributed by atoms with van der Waals surface area (Å²) in [5, 5.41) is 0. The zero-order valence-corrected chi connectivity index (χ0v) is 11.7. The van der Waals surface area contributed by atoms with Crippen molar-refractivity contribution in [2.24, 2.45) is 0 Å². The number of anilines is 2. The summed E-state index contributed by atoms with van der Waals surface area (Å²) in [5.41, 5.74) is 7.31. The molecule has 5 heteroatoms. The Morgan fingerprint density at radius 2 is 1.89 bits per heavy atom. The lowest BCUT2D eigenvalue weighted by Gasteiger charge is -2.32. The fourth-order valence-corrected chi connectivity index (χ4v) is 2.23. The van der Waals surface area contributed by atoms with Gasteiger partial charge in [-0.1, -0.05) is 12.1 Å². The molecule has 2 rings (SSSR count). The van der Waals surface area contributed by atoms with Gasteiger partial charge in [0.2, 0.25) is 5.91 Å². The zero-order valence-electron chi connectivity index (χ0n) is 11.7. The maximum Gasteiger partial charge on any atom is 0.240 e. The van der Waals surface area contributed by atoms with E-state index in [0.29, 0.717) is 12.2 Å². The quantitative estimate of drug-likeness (QED) is 0.805. The maximum atomic E-state index is 12.3. The van der Waals surface area contributed by atoms with Gasteiger partial charge in [0, 0.05) is 33.2 Å². The Balaban J connectivity index is 1.95. The molecule has 0 spiro atoms. The molecule has 1 saturated heterocycles. The number of hydrogen-bond acceptors (Lipinski definition) is 4. The smallest absolute Gasteiger partial charge is 0.240 e. The molecular formula is C14H22N4O. The van der Waals surface area contributed by atoms with Crippen LogP contribution in [0, 0.1) is 0 Å². The van der Waals surface area contributed by atoms with Crippen LogP contribution in [0.1, 0.15) is 0 Å². The van der Waals surface area contributed by atoms with Gasteiger partial charge in [-0.15, -0.1) is 0 Å². The van der Waals surface area contributed by atoms with Crippen LogP contribution in [-0.4, -0.2) is 62.5 Å². The minimum Gasteiger partial charge on any atom is -0.397 e. The van der Waals surface area contributed by atoms with Crippen LogP contribution in [0.25, 0.3) is 0 Å². The number of nitrogen functional groups attached to an aromatic ring is 1. The Bertz CT molecular complexity index is 441. The first-order valence-electron chi connectivity index (χ1n) is 6.60. The van der Waals surface area contributed by atoms with Crippen molar-refractivity contribution in [3.8, 4) is 0 Å². The first-order chi connectivity index (χ1) is 9.08. The van der Waals surface area contributed by atoms with Gasteiger partial charge in [-0.05, 0) is 19.2 Å². The van der Waals surface area contributed by atoms with Crippen LogP contribution in [0.2, 0.25) is 0 Å². The third kappa shape index (κ3) is 3.45. The second-order valence-corrected chi connectivity index (χ2v) is 5.09. The second kappa shape index (κ2) is 6.04. The van der Waals surface area contributed by atoms with E-state index < -0.39 is 0 Å². The topological polar surface area (TPSA) is 52.8 Å². The molecule has 2 N–H and O–H groups in total. The van der Waals surface area contributed by atoms with Crippen LogP contribution in [0.4, 0.5) is 11.4 Å². The van der Waals surface area contributed by atoms with Crippen LogP contribution < -0.4 is 10.6 Å². The predicted octanol–water partition coefficient (Wildman–Crippen LogP) is 0.479. The maximum absolute atomic E-state index is 12.3. The van der Waals surface area contributed by atoms with Crippen molar-refractivity contribution in [1.29, 1.82) is 0 Å². The van der Waals surface area contributed by atoms with E-state index in [1.54, 1.807) is 11.9 Å². The normalized spacial score (nSPS) is 17.4. The molecule has 1 aromatic carbocycles. The summed E-state index contributed by atoms with van der Waals surface area (Å²) in [6, 6.07) is 7.45. The van der Waals surface area contributed by atoms with Crippen LogP contribution in [-0.2, 0) is 4.79 Å². The highest BCUT2D eigenvalue weighted by Gasteiger charge is 2.19. The lowest BCUT2D eigenvalue weighted by molar-refractivity contribution is -0.119. The van der Waals surface area contributed by atoms with Gasteiger partial charge in [0.25, 0.3) is 0 Å². The number of carbonyl (C=O) groups is 1. The Hall–Kier alpha value is -1.59. The molecule has 1 amide bonds. The van der Waals surface area contributed by atoms with E-state index in [1.807, 2.05) is 24.3 Å². The number of piperazine rings is 1. The molecule has 1 aliphatic rings. The fourth-order valence-electron chi connectivity index (χ4n) is 2.23. The third-order valence-electron chi connectivity index (χ3n) is 3.63. The van der Waals surface area contributed by atoms with Gasteiger partial charge in [-0.25, -0.2) is 0 Å². The van der Waals surface area contributed by atoms with Gasteiger partial charge in [-0.3, -0.25) is 9.69 Å². The first-order valence-corrected chi connectivity index (χ1v) is 6.60. The van der Waals surface area contributed by atoms with E-state index in [9.17, 15) is 4.79 Å². The summed E-state index contributed by atoms with van der Waals surface area (Å²) in [4.78, 5) is 18.4. The Morgan fingerprint density at radius 3 is 2.53 bits per heavy atom. The molecule has 0 atom stereocenters. The molecule has 0 saturated carbocycles. The van der Waals surface area contributed by atoms with Gasteiger partial charge >= 0.3 is 0 Å². The molecule has 0 bridgehead atoms. The first kappa shape index (κ1) is 13.8. The SMILES string of the molecule is CN1CCN(CC(=O)N(C)c2ccccc2N)CC1. The van der Waals surface area contributed by atoms with E-state index in [1.165, 1.54) is 0 Å². The van der Waals surface area contributed by atoms with Crippen molar-refractivity contribution in [2.45, 2.75) is 0 Å². The fraction of sp³-hybridized carbons (Fsp3) is 0.500. The summed E-state index contributed by atoms with van der Waals surface area (Å²) < 4.78 is 0. The van der Waals surface area contributed by atoms with Gasteiger partial charge < -0.3 is 15.5 Å². The molecule has 0 aliphatic carbocycles. The highest BCUT2D eigenvalue weighted by molar-refractivity contribution is 5.97. The largest absolute Gasteiger partial charge is 0.397 e. The molecule has 19 heavy (non-hydrogen) atoms. The van der Waals surface area contributed by atoms with E-state index in [2.05, 4.69) is 16.8 Å². The van der Waals surface area contributed by atoms with Crippen molar-refractivity contribution in [3.63, 3.8) is 0 Å². The molecule has 1 aromatic rings. The van der Waals surface area contributed by atoms with Crippen LogP contribution in [0.5, 0.6) is 0 Å². The molecule has 1 aliphatic heterocycles. The number of para-hydroxylation sites is 2. The molecule has 104 valence electrons. The van der Waals surface area contributed by atoms with Crippen LogP contribution in [0.15, 0.2) is 24.3 Å². The molecule has 1 fully saturated rings. The van der Waals surface area contributed by atoms with Gasteiger partial charge in [0.05, 0.1) is 17.9 Å².